The molecule has 6 heteroatoms. The lowest BCUT2D eigenvalue weighted by Crippen LogP contribution is -2.06. The smallest absolute Gasteiger partial charge is 0.336 e. The predicted molar refractivity (Wildman–Crippen MR) is 58.2 cm³/mol. The van der Waals surface area contributed by atoms with Gasteiger partial charge in [-0.05, 0) is 12.1 Å². The van der Waals surface area contributed by atoms with Crippen LogP contribution in [0.4, 0.5) is 0 Å². The Hall–Kier alpha value is -2.63. The largest absolute Gasteiger partial charge is 0.478 e. The summed E-state index contributed by atoms with van der Waals surface area (Å²) in [5.41, 5.74) is -0.380. The van der Waals surface area contributed by atoms with Crippen molar-refractivity contribution >= 4 is 17.9 Å². The van der Waals surface area contributed by atoms with Crippen molar-refractivity contribution < 1.29 is 29.7 Å². The van der Waals surface area contributed by atoms with Gasteiger partial charge in [0.1, 0.15) is 0 Å². The number of aliphatic carboxylic acids is 1. The van der Waals surface area contributed by atoms with Gasteiger partial charge in [0, 0.05) is 6.08 Å². The fourth-order valence-corrected chi connectivity index (χ4v) is 0.856. The highest BCUT2D eigenvalue weighted by Gasteiger charge is 2.13. The first kappa shape index (κ1) is 14.4. The third kappa shape index (κ3) is 5.12. The standard InChI is InChI=1S/C8H6O4.C3H4O2/c9-7(10)5-3-1-2-4-6(5)8(11)12;1-2-3(4)5/h1-4H,(H,9,10)(H,11,12);2H,1H2,(H,4,5). The Morgan fingerprint density at radius 2 is 1.24 bits per heavy atom. The van der Waals surface area contributed by atoms with Crippen LogP contribution in [0.3, 0.4) is 0 Å². The molecule has 6 nitrogen and oxygen atoms in total. The molecule has 0 atom stereocenters. The molecule has 0 amide bonds. The summed E-state index contributed by atoms with van der Waals surface area (Å²) < 4.78 is 0. The second kappa shape index (κ2) is 6.78. The van der Waals surface area contributed by atoms with Crippen molar-refractivity contribution in [2.24, 2.45) is 0 Å². The summed E-state index contributed by atoms with van der Waals surface area (Å²) in [5, 5.41) is 24.7. The topological polar surface area (TPSA) is 112 Å². The molecule has 1 aromatic carbocycles. The molecule has 1 aromatic rings. The average Bonchev–Trinajstić information content (AvgIpc) is 2.29. The molecule has 0 saturated heterocycles. The second-order valence-electron chi connectivity index (χ2n) is 2.70. The summed E-state index contributed by atoms with van der Waals surface area (Å²) in [5.74, 6) is -3.44. The van der Waals surface area contributed by atoms with Crippen LogP contribution in [-0.4, -0.2) is 33.2 Å². The van der Waals surface area contributed by atoms with E-state index in [2.05, 4.69) is 6.58 Å². The maximum absolute atomic E-state index is 10.5. The first-order chi connectivity index (χ1) is 7.90. The molecule has 0 unspecified atom stereocenters. The third-order valence-electron chi connectivity index (χ3n) is 1.56. The van der Waals surface area contributed by atoms with Crippen LogP contribution in [0.25, 0.3) is 0 Å². The van der Waals surface area contributed by atoms with Crippen molar-refractivity contribution in [3.05, 3.63) is 48.0 Å². The van der Waals surface area contributed by atoms with Crippen molar-refractivity contribution in [3.63, 3.8) is 0 Å². The zero-order valence-electron chi connectivity index (χ0n) is 8.66. The Bertz CT molecular complexity index is 416. The van der Waals surface area contributed by atoms with Crippen LogP contribution in [0.2, 0.25) is 0 Å². The number of hydrogen-bond acceptors (Lipinski definition) is 3. The van der Waals surface area contributed by atoms with E-state index in [1.807, 2.05) is 0 Å². The van der Waals surface area contributed by atoms with Gasteiger partial charge < -0.3 is 15.3 Å². The molecule has 3 N–H and O–H groups in total. The molecule has 0 fully saturated rings. The van der Waals surface area contributed by atoms with Crippen LogP contribution in [0.5, 0.6) is 0 Å². The molecular weight excluding hydrogens is 228 g/mol. The quantitative estimate of drug-likeness (QED) is 0.685. The van der Waals surface area contributed by atoms with E-state index in [9.17, 15) is 14.4 Å². The lowest BCUT2D eigenvalue weighted by atomic mass is 10.1. The van der Waals surface area contributed by atoms with Gasteiger partial charge >= 0.3 is 17.9 Å². The summed E-state index contributed by atoms with van der Waals surface area (Å²) in [7, 11) is 0. The van der Waals surface area contributed by atoms with E-state index in [4.69, 9.17) is 15.3 Å². The average molecular weight is 238 g/mol. The number of benzene rings is 1. The molecule has 0 bridgehead atoms. The maximum atomic E-state index is 10.5. The van der Waals surface area contributed by atoms with Gasteiger partial charge in [-0.1, -0.05) is 18.7 Å². The number of hydrogen-bond donors (Lipinski definition) is 3. The van der Waals surface area contributed by atoms with E-state index in [-0.39, 0.29) is 11.1 Å². The molecule has 0 aliphatic rings. The van der Waals surface area contributed by atoms with Gasteiger partial charge in [0.15, 0.2) is 0 Å². The summed E-state index contributed by atoms with van der Waals surface area (Å²) in [6.07, 6.45) is 0.833. The molecular formula is C11H10O6. The van der Waals surface area contributed by atoms with E-state index in [1.54, 1.807) is 0 Å². The first-order valence-corrected chi connectivity index (χ1v) is 4.31. The Morgan fingerprint density at radius 3 is 1.41 bits per heavy atom. The Balaban J connectivity index is 0.000000437. The summed E-state index contributed by atoms with van der Waals surface area (Å²) in [6, 6.07) is 5.48. The normalized spacial score (nSPS) is 8.47. The zero-order chi connectivity index (χ0) is 13.4. The van der Waals surface area contributed by atoms with Crippen LogP contribution in [0.1, 0.15) is 20.7 Å². The SMILES string of the molecule is C=CC(=O)O.O=C(O)c1ccccc1C(=O)O. The van der Waals surface area contributed by atoms with E-state index >= 15 is 0 Å². The van der Waals surface area contributed by atoms with Gasteiger partial charge in [-0.25, -0.2) is 14.4 Å². The molecule has 0 aromatic heterocycles. The van der Waals surface area contributed by atoms with E-state index in [1.165, 1.54) is 24.3 Å². The van der Waals surface area contributed by atoms with Crippen molar-refractivity contribution in [2.75, 3.05) is 0 Å². The summed E-state index contributed by atoms with van der Waals surface area (Å²) in [4.78, 5) is 30.2. The van der Waals surface area contributed by atoms with Gasteiger partial charge in [0.2, 0.25) is 0 Å². The molecule has 17 heavy (non-hydrogen) atoms. The van der Waals surface area contributed by atoms with Gasteiger partial charge in [-0.3, -0.25) is 0 Å². The molecule has 1 rings (SSSR count). The number of carboxylic acid groups (broad SMARTS) is 3. The highest BCUT2D eigenvalue weighted by atomic mass is 16.4. The zero-order valence-corrected chi connectivity index (χ0v) is 8.66. The maximum Gasteiger partial charge on any atom is 0.336 e. The van der Waals surface area contributed by atoms with Gasteiger partial charge in [0.05, 0.1) is 11.1 Å². The lowest BCUT2D eigenvalue weighted by Gasteiger charge is -1.98. The van der Waals surface area contributed by atoms with Crippen LogP contribution in [0.15, 0.2) is 36.9 Å². The van der Waals surface area contributed by atoms with Crippen LogP contribution >= 0.6 is 0 Å². The Kier molecular flexibility index (Phi) is 5.73. The minimum atomic E-state index is -1.23. The number of aromatic carboxylic acids is 2. The molecule has 0 aliphatic carbocycles. The van der Waals surface area contributed by atoms with Crippen LogP contribution in [0, 0.1) is 0 Å². The van der Waals surface area contributed by atoms with Gasteiger partial charge in [-0.2, -0.15) is 0 Å². The van der Waals surface area contributed by atoms with E-state index in [0.29, 0.717) is 0 Å². The lowest BCUT2D eigenvalue weighted by molar-refractivity contribution is -0.131. The summed E-state index contributed by atoms with van der Waals surface area (Å²) in [6.45, 7) is 2.96. The van der Waals surface area contributed by atoms with Crippen molar-refractivity contribution in [2.45, 2.75) is 0 Å². The first-order valence-electron chi connectivity index (χ1n) is 4.31. The molecule has 90 valence electrons. The monoisotopic (exact) mass is 238 g/mol. The third-order valence-corrected chi connectivity index (χ3v) is 1.56. The van der Waals surface area contributed by atoms with Gasteiger partial charge in [0.25, 0.3) is 0 Å². The van der Waals surface area contributed by atoms with Crippen LogP contribution < -0.4 is 0 Å². The van der Waals surface area contributed by atoms with Gasteiger partial charge in [-0.15, -0.1) is 0 Å². The summed E-state index contributed by atoms with van der Waals surface area (Å²) >= 11 is 0. The molecule has 0 saturated carbocycles. The van der Waals surface area contributed by atoms with Crippen molar-refractivity contribution in [1.29, 1.82) is 0 Å². The predicted octanol–water partition coefficient (Wildman–Crippen LogP) is 1.34. The molecule has 0 heterocycles. The minimum Gasteiger partial charge on any atom is -0.478 e. The minimum absolute atomic E-state index is 0.190. The van der Waals surface area contributed by atoms with Crippen LogP contribution in [-0.2, 0) is 4.79 Å². The van der Waals surface area contributed by atoms with Crippen molar-refractivity contribution in [3.8, 4) is 0 Å². The second-order valence-corrected chi connectivity index (χ2v) is 2.70. The number of rotatable bonds is 3. The molecule has 0 radical (unpaired) electrons. The molecule has 0 aliphatic heterocycles. The fourth-order valence-electron chi connectivity index (χ4n) is 0.856. The number of carboxylic acids is 3. The van der Waals surface area contributed by atoms with Crippen molar-refractivity contribution in [1.82, 2.24) is 0 Å². The Labute approximate surface area is 96.4 Å². The number of carbonyl (C=O) groups is 3. The molecule has 0 spiro atoms. The van der Waals surface area contributed by atoms with E-state index in [0.717, 1.165) is 6.08 Å². The highest BCUT2D eigenvalue weighted by Crippen LogP contribution is 2.07. The highest BCUT2D eigenvalue weighted by molar-refractivity contribution is 6.01. The fraction of sp³-hybridized carbons (Fsp3) is 0. The van der Waals surface area contributed by atoms with E-state index < -0.39 is 17.9 Å². The Morgan fingerprint density at radius 1 is 0.941 bits per heavy atom.